The second-order valence-corrected chi connectivity index (χ2v) is 17.1. The average Bonchev–Trinajstić information content (AvgIpc) is 3.93. The van der Waals surface area contributed by atoms with Gasteiger partial charge in [-0.3, -0.25) is 9.59 Å². The third-order valence-electron chi connectivity index (χ3n) is 13.5. The number of rotatable bonds is 10. The number of fused-ring (bicyclic) bond motifs is 6. The Labute approximate surface area is 388 Å². The van der Waals surface area contributed by atoms with Crippen LogP contribution >= 0.6 is 0 Å². The van der Waals surface area contributed by atoms with Crippen molar-refractivity contribution >= 4 is 55.2 Å². The predicted octanol–water partition coefficient (Wildman–Crippen LogP) is 14.7. The van der Waals surface area contributed by atoms with Gasteiger partial charge in [-0.25, -0.2) is 0 Å². The van der Waals surface area contributed by atoms with Gasteiger partial charge in [-0.1, -0.05) is 206 Å². The summed E-state index contributed by atoms with van der Waals surface area (Å²) < 4.78 is 4.68. The zero-order valence-corrected chi connectivity index (χ0v) is 36.5. The van der Waals surface area contributed by atoms with Crippen molar-refractivity contribution in [3.05, 3.63) is 299 Å². The van der Waals surface area contributed by atoms with Crippen LogP contribution in [0.5, 0.6) is 0 Å². The highest BCUT2D eigenvalue weighted by Gasteiger charge is 2.39. The van der Waals surface area contributed by atoms with Gasteiger partial charge in [0, 0.05) is 55.2 Å². The molecule has 4 nitrogen and oxygen atoms in total. The fourth-order valence-corrected chi connectivity index (χ4v) is 10.4. The van der Waals surface area contributed by atoms with Crippen LogP contribution in [0.4, 0.5) is 0 Å². The van der Waals surface area contributed by atoms with E-state index in [9.17, 15) is 9.59 Å². The van der Waals surface area contributed by atoms with E-state index in [1.807, 2.05) is 84.9 Å². The number of nitrogens with zero attached hydrogens (tertiary/aromatic N) is 2. The molecule has 0 N–H and O–H groups in total. The molecule has 0 aliphatic heterocycles. The molecule has 0 atom stereocenters. The molecule has 0 saturated heterocycles. The summed E-state index contributed by atoms with van der Waals surface area (Å²) in [6.45, 7) is 0. The molecule has 0 aliphatic rings. The molecule has 0 amide bonds. The first-order valence-corrected chi connectivity index (χ1v) is 22.7. The number of carbonyl (C=O) groups is 2. The van der Waals surface area contributed by atoms with E-state index in [1.165, 1.54) is 21.5 Å². The van der Waals surface area contributed by atoms with E-state index in [2.05, 4.69) is 179 Å². The molecule has 0 spiro atoms. The number of para-hydroxylation sites is 4. The first kappa shape index (κ1) is 39.7. The van der Waals surface area contributed by atoms with Gasteiger partial charge in [-0.05, 0) is 70.8 Å². The van der Waals surface area contributed by atoms with E-state index in [0.29, 0.717) is 22.3 Å². The summed E-state index contributed by atoms with van der Waals surface area (Å²) in [4.78, 5) is 27.7. The Kier molecular flexibility index (Phi) is 9.66. The fourth-order valence-electron chi connectivity index (χ4n) is 10.4. The summed E-state index contributed by atoms with van der Waals surface area (Å²) in [7, 11) is 0. The molecule has 0 fully saturated rings. The molecule has 0 radical (unpaired) electrons. The van der Waals surface area contributed by atoms with Crippen LogP contribution in [0, 0.1) is 0 Å². The van der Waals surface area contributed by atoms with Crippen molar-refractivity contribution < 1.29 is 9.59 Å². The van der Waals surface area contributed by atoms with Gasteiger partial charge in [0.2, 0.25) is 0 Å². The molecular weight excluding hydrogens is 817 g/mol. The van der Waals surface area contributed by atoms with E-state index < -0.39 is 5.41 Å². The van der Waals surface area contributed by atoms with Gasteiger partial charge >= 0.3 is 0 Å². The number of hydrogen-bond acceptors (Lipinski definition) is 2. The Morgan fingerprint density at radius 1 is 0.254 bits per heavy atom. The van der Waals surface area contributed by atoms with Crippen LogP contribution in [-0.4, -0.2) is 20.7 Å². The summed E-state index contributed by atoms with van der Waals surface area (Å²) in [5, 5.41) is 4.82. The van der Waals surface area contributed by atoms with Crippen molar-refractivity contribution in [2.75, 3.05) is 0 Å². The van der Waals surface area contributed by atoms with E-state index in [0.717, 1.165) is 55.7 Å². The van der Waals surface area contributed by atoms with Gasteiger partial charge in [0.15, 0.2) is 11.6 Å². The highest BCUT2D eigenvalue weighted by atomic mass is 16.1. The van der Waals surface area contributed by atoms with Gasteiger partial charge in [0.1, 0.15) is 0 Å². The minimum absolute atomic E-state index is 0.0346. The highest BCUT2D eigenvalue weighted by Crippen LogP contribution is 2.47. The zero-order valence-electron chi connectivity index (χ0n) is 36.5. The topological polar surface area (TPSA) is 44.0 Å². The molecule has 2 heterocycles. The van der Waals surface area contributed by atoms with E-state index in [-0.39, 0.29) is 11.6 Å². The van der Waals surface area contributed by atoms with Gasteiger partial charge in [-0.2, -0.15) is 0 Å². The van der Waals surface area contributed by atoms with Crippen LogP contribution < -0.4 is 0 Å². The molecular formula is C63H42N2O2. The monoisotopic (exact) mass is 858 g/mol. The first-order valence-electron chi connectivity index (χ1n) is 22.7. The third-order valence-corrected chi connectivity index (χ3v) is 13.5. The lowest BCUT2D eigenvalue weighted by atomic mass is 9.65. The Morgan fingerprint density at radius 3 is 0.791 bits per heavy atom. The van der Waals surface area contributed by atoms with Gasteiger partial charge in [0.25, 0.3) is 0 Å². The van der Waals surface area contributed by atoms with Gasteiger partial charge in [-0.15, -0.1) is 0 Å². The Bertz CT molecular complexity index is 3430. The molecule has 316 valence electrons. The lowest BCUT2D eigenvalue weighted by molar-refractivity contribution is 0.103. The molecule has 12 rings (SSSR count). The molecule has 2 aromatic heterocycles. The standard InChI is InChI=1S/C63H42N2O2/c66-61(43-15-3-1-4-16-43)45-27-31-47(32-28-45)63(48-33-29-46(30-34-48)62(67)44-17-5-2-6-18-44,49-35-39-51(40-36-49)64-57-23-11-7-19-53(57)54-20-8-12-24-58(54)64)50-37-41-52(42-38-50)65-59-25-13-9-21-55(59)56-22-10-14-26-60(56)65/h1-42H. The van der Waals surface area contributed by atoms with Crippen LogP contribution in [0.3, 0.4) is 0 Å². The van der Waals surface area contributed by atoms with Crippen molar-refractivity contribution in [2.45, 2.75) is 5.41 Å². The Morgan fingerprint density at radius 2 is 0.493 bits per heavy atom. The van der Waals surface area contributed by atoms with Crippen LogP contribution in [0.25, 0.3) is 55.0 Å². The zero-order chi connectivity index (χ0) is 44.9. The van der Waals surface area contributed by atoms with Crippen molar-refractivity contribution in [3.8, 4) is 11.4 Å². The van der Waals surface area contributed by atoms with Gasteiger partial charge < -0.3 is 9.13 Å². The molecule has 67 heavy (non-hydrogen) atoms. The first-order chi connectivity index (χ1) is 33.1. The van der Waals surface area contributed by atoms with E-state index >= 15 is 0 Å². The normalized spacial score (nSPS) is 11.7. The molecule has 0 aliphatic carbocycles. The molecule has 10 aromatic carbocycles. The predicted molar refractivity (Wildman–Crippen MR) is 273 cm³/mol. The van der Waals surface area contributed by atoms with E-state index in [4.69, 9.17) is 0 Å². The van der Waals surface area contributed by atoms with Gasteiger partial charge in [0.05, 0.1) is 27.5 Å². The number of benzene rings is 10. The lowest BCUT2D eigenvalue weighted by Crippen LogP contribution is -2.31. The summed E-state index contributed by atoms with van der Waals surface area (Å²) in [5.41, 5.74) is 12.3. The molecule has 12 aromatic rings. The molecule has 0 bridgehead atoms. The summed E-state index contributed by atoms with van der Waals surface area (Å²) >= 11 is 0. The van der Waals surface area contributed by atoms with E-state index in [1.54, 1.807) is 0 Å². The Hall–Kier alpha value is -8.86. The van der Waals surface area contributed by atoms with Crippen molar-refractivity contribution in [1.82, 2.24) is 9.13 Å². The molecule has 4 heteroatoms. The summed E-state index contributed by atoms with van der Waals surface area (Å²) in [6, 6.07) is 87.1. The van der Waals surface area contributed by atoms with Crippen molar-refractivity contribution in [2.24, 2.45) is 0 Å². The number of ketones is 2. The largest absolute Gasteiger partial charge is 0.309 e. The smallest absolute Gasteiger partial charge is 0.193 e. The minimum atomic E-state index is -0.901. The second-order valence-electron chi connectivity index (χ2n) is 17.1. The number of hydrogen-bond donors (Lipinski definition) is 0. The SMILES string of the molecule is O=C(c1ccccc1)c1ccc(C(c2ccc(C(=O)c3ccccc3)cc2)(c2ccc(-n3c4ccccc4c4ccccc43)cc2)c2ccc(-n3c4ccccc4c4ccccc43)cc2)cc1. The molecule has 0 saturated carbocycles. The number of aromatic nitrogens is 2. The maximum absolute atomic E-state index is 13.9. The second kappa shape index (κ2) is 16.3. The fraction of sp³-hybridized carbons (Fsp3) is 0.0159. The van der Waals surface area contributed by atoms with Crippen molar-refractivity contribution in [1.29, 1.82) is 0 Å². The minimum Gasteiger partial charge on any atom is -0.309 e. The van der Waals surface area contributed by atoms with Crippen LogP contribution in [0.1, 0.15) is 54.1 Å². The summed E-state index contributed by atoms with van der Waals surface area (Å²) in [6.07, 6.45) is 0. The quantitative estimate of drug-likeness (QED) is 0.102. The molecule has 0 unspecified atom stereocenters. The van der Waals surface area contributed by atoms with Crippen molar-refractivity contribution in [3.63, 3.8) is 0 Å². The Balaban J connectivity index is 1.08. The average molecular weight is 859 g/mol. The van der Waals surface area contributed by atoms with Crippen LogP contribution in [-0.2, 0) is 5.41 Å². The highest BCUT2D eigenvalue weighted by molar-refractivity contribution is 6.11. The number of carbonyl (C=O) groups excluding carboxylic acids is 2. The lowest BCUT2D eigenvalue weighted by Gasteiger charge is -2.37. The summed E-state index contributed by atoms with van der Waals surface area (Å²) in [5.74, 6) is -0.0693. The third kappa shape index (κ3) is 6.53. The van der Waals surface area contributed by atoms with Crippen LogP contribution in [0.15, 0.2) is 255 Å². The van der Waals surface area contributed by atoms with Crippen LogP contribution in [0.2, 0.25) is 0 Å². The maximum Gasteiger partial charge on any atom is 0.193 e. The maximum atomic E-state index is 13.9.